The highest BCUT2D eigenvalue weighted by atomic mass is 28.2. The van der Waals surface area contributed by atoms with Crippen LogP contribution in [0, 0.1) is 0 Å². The van der Waals surface area contributed by atoms with Gasteiger partial charge in [-0.3, -0.25) is 0 Å². The van der Waals surface area contributed by atoms with E-state index < -0.39 is 8.41 Å². The van der Waals surface area contributed by atoms with Crippen molar-refractivity contribution in [2.75, 3.05) is 0 Å². The molecule has 0 amide bonds. The molecule has 4 rings (SSSR count). The zero-order valence-corrected chi connectivity index (χ0v) is 13.2. The fourth-order valence-electron chi connectivity index (χ4n) is 2.90. The maximum absolute atomic E-state index is 3.64. The average molecular weight is 295 g/mol. The van der Waals surface area contributed by atoms with Crippen molar-refractivity contribution < 1.29 is 0 Å². The molecule has 3 aromatic rings. The summed E-state index contributed by atoms with van der Waals surface area (Å²) in [5.41, 5.74) is 0. The minimum absolute atomic E-state index is 0.994. The molecule has 103 valence electrons. The Morgan fingerprint density at radius 1 is 0.591 bits per heavy atom. The minimum Gasteiger partial charge on any atom is -0.0623 e. The van der Waals surface area contributed by atoms with E-state index in [1.165, 1.54) is 26.0 Å². The fraction of sp³-hybridized carbons (Fsp3) is 0. The van der Waals surface area contributed by atoms with Crippen molar-refractivity contribution in [2.45, 2.75) is 0 Å². The lowest BCUT2D eigenvalue weighted by molar-refractivity contribution is 1.55. The molecular weight excluding hydrogens is 280 g/mol. The highest BCUT2D eigenvalue weighted by molar-refractivity contribution is 6.98. The van der Waals surface area contributed by atoms with Crippen LogP contribution in [0.25, 0.3) is 12.2 Å². The maximum Gasteiger partial charge on any atom is 0.0885 e. The van der Waals surface area contributed by atoms with E-state index in [9.17, 15) is 0 Å². The third kappa shape index (κ3) is 2.40. The first-order valence-electron chi connectivity index (χ1n) is 7.48. The van der Waals surface area contributed by atoms with Crippen LogP contribution in [0.2, 0.25) is 0 Å². The summed E-state index contributed by atoms with van der Waals surface area (Å²) in [7, 11) is -0.994. The molecule has 0 N–H and O–H groups in total. The summed E-state index contributed by atoms with van der Waals surface area (Å²) in [6.45, 7) is 0. The van der Waals surface area contributed by atoms with Crippen molar-refractivity contribution in [3.63, 3.8) is 0 Å². The summed E-state index contributed by atoms with van der Waals surface area (Å²) in [6.07, 6.45) is 5.95. The van der Waals surface area contributed by atoms with Crippen molar-refractivity contribution in [3.05, 3.63) is 95.4 Å². The Balaban J connectivity index is 2.01. The summed E-state index contributed by atoms with van der Waals surface area (Å²) < 4.78 is 0. The second-order valence-electron chi connectivity index (χ2n) is 5.38. The van der Waals surface area contributed by atoms with E-state index in [2.05, 4.69) is 97.1 Å². The zero-order valence-electron chi connectivity index (χ0n) is 12.2. The van der Waals surface area contributed by atoms with E-state index in [1.807, 2.05) is 0 Å². The van der Waals surface area contributed by atoms with E-state index in [1.54, 1.807) is 0 Å². The van der Waals surface area contributed by atoms with Gasteiger partial charge in [-0.2, -0.15) is 0 Å². The Hall–Kier alpha value is -2.51. The smallest absolute Gasteiger partial charge is 0.0623 e. The first-order valence-corrected chi connectivity index (χ1v) is 8.98. The molecule has 3 aromatic carbocycles. The number of hydrogen-bond acceptors (Lipinski definition) is 0. The molecule has 0 aliphatic heterocycles. The molecule has 1 aliphatic carbocycles. The third-order valence-corrected chi connectivity index (χ3v) is 6.55. The summed E-state index contributed by atoms with van der Waals surface area (Å²) in [4.78, 5) is 0. The lowest BCUT2D eigenvalue weighted by atomic mass is 10.3. The summed E-state index contributed by atoms with van der Waals surface area (Å²) in [5.74, 6) is 0. The Morgan fingerprint density at radius 2 is 1.14 bits per heavy atom. The zero-order chi connectivity index (χ0) is 14.8. The molecule has 0 nitrogen and oxygen atoms in total. The molecule has 0 bridgehead atoms. The molecule has 1 aliphatic rings. The van der Waals surface area contributed by atoms with E-state index in [-0.39, 0.29) is 0 Å². The van der Waals surface area contributed by atoms with Crippen LogP contribution in [0.5, 0.6) is 0 Å². The predicted molar refractivity (Wildman–Crippen MR) is 96.5 cm³/mol. The van der Waals surface area contributed by atoms with E-state index in [0.29, 0.717) is 0 Å². The molecule has 0 saturated heterocycles. The van der Waals surface area contributed by atoms with Crippen molar-refractivity contribution in [1.29, 1.82) is 0 Å². The molecule has 22 heavy (non-hydrogen) atoms. The molecule has 1 radical (unpaired) electrons. The first-order chi connectivity index (χ1) is 10.9. The van der Waals surface area contributed by atoms with Crippen molar-refractivity contribution >= 4 is 36.1 Å². The molecule has 0 heterocycles. The van der Waals surface area contributed by atoms with E-state index >= 15 is 0 Å². The lowest BCUT2D eigenvalue weighted by Crippen LogP contribution is -2.38. The van der Waals surface area contributed by atoms with Gasteiger partial charge in [0.05, 0.1) is 8.41 Å². The maximum atomic E-state index is 3.64. The third-order valence-electron chi connectivity index (χ3n) is 3.92. The molecule has 1 heteroatoms. The average Bonchev–Trinajstić information content (AvgIpc) is 3.00. The topological polar surface area (TPSA) is 0 Å². The number of benzene rings is 3. The molecule has 0 saturated carbocycles. The van der Waals surface area contributed by atoms with E-state index in [0.717, 1.165) is 0 Å². The summed E-state index contributed by atoms with van der Waals surface area (Å²) >= 11 is 0. The highest BCUT2D eigenvalue weighted by Crippen LogP contribution is 1.95. The van der Waals surface area contributed by atoms with Crippen LogP contribution in [0.4, 0.5) is 0 Å². The Morgan fingerprint density at radius 3 is 1.73 bits per heavy atom. The largest absolute Gasteiger partial charge is 0.0885 e. The highest BCUT2D eigenvalue weighted by Gasteiger charge is 2.12. The van der Waals surface area contributed by atoms with Gasteiger partial charge >= 0.3 is 0 Å². The lowest BCUT2D eigenvalue weighted by Gasteiger charge is -2.09. The molecule has 0 spiro atoms. The molecule has 0 unspecified atom stereocenters. The van der Waals surface area contributed by atoms with Gasteiger partial charge in [0, 0.05) is 0 Å². The standard InChI is InChI=1S/C21H15Si/c1-3-11-19(12-4-1)22(20-13-5-2-6-14-20)21-15-17-9-7-8-10-18(17)16-21/h1-15H. The summed E-state index contributed by atoms with van der Waals surface area (Å²) in [5, 5.41) is 6.65. The number of hydrogen-bond donors (Lipinski definition) is 0. The Bertz CT molecular complexity index is 873. The van der Waals surface area contributed by atoms with Gasteiger partial charge in [0.2, 0.25) is 0 Å². The first kappa shape index (κ1) is 13.2. The summed E-state index contributed by atoms with van der Waals surface area (Å²) in [6, 6.07) is 30.2. The molecular formula is C21H15Si. The number of rotatable bonds is 2. The van der Waals surface area contributed by atoms with Crippen LogP contribution >= 0.6 is 0 Å². The van der Waals surface area contributed by atoms with Gasteiger partial charge in [0.1, 0.15) is 0 Å². The van der Waals surface area contributed by atoms with Gasteiger partial charge in [-0.25, -0.2) is 0 Å². The van der Waals surface area contributed by atoms with Gasteiger partial charge in [-0.05, 0) is 32.1 Å². The molecule has 0 aromatic heterocycles. The van der Waals surface area contributed by atoms with Crippen LogP contribution in [-0.2, 0) is 0 Å². The SMILES string of the molecule is [C]1=c2ccccc2=CC1=[Si](c1ccccc1)c1ccccc1. The predicted octanol–water partition coefficient (Wildman–Crippen LogP) is 1.20. The van der Waals surface area contributed by atoms with Crippen LogP contribution in [0.15, 0.2) is 84.9 Å². The van der Waals surface area contributed by atoms with Crippen molar-refractivity contribution in [1.82, 2.24) is 0 Å². The molecule has 0 fully saturated rings. The number of fused-ring (bicyclic) bond motifs is 1. The van der Waals surface area contributed by atoms with Gasteiger partial charge in [0.25, 0.3) is 0 Å². The molecule has 0 atom stereocenters. The van der Waals surface area contributed by atoms with E-state index in [4.69, 9.17) is 0 Å². The van der Waals surface area contributed by atoms with Crippen LogP contribution < -0.4 is 20.8 Å². The van der Waals surface area contributed by atoms with Gasteiger partial charge in [0.15, 0.2) is 0 Å². The van der Waals surface area contributed by atoms with Gasteiger partial charge in [-0.1, -0.05) is 91.0 Å². The normalized spacial score (nSPS) is 12.3. The van der Waals surface area contributed by atoms with Crippen LogP contribution in [0.1, 0.15) is 0 Å². The van der Waals surface area contributed by atoms with Crippen molar-refractivity contribution in [2.24, 2.45) is 0 Å². The minimum atomic E-state index is -0.994. The second-order valence-corrected chi connectivity index (χ2v) is 7.82. The van der Waals surface area contributed by atoms with Crippen molar-refractivity contribution in [3.8, 4) is 0 Å². The second kappa shape index (κ2) is 5.70. The van der Waals surface area contributed by atoms with Gasteiger partial charge in [-0.15, -0.1) is 0 Å². The van der Waals surface area contributed by atoms with Crippen LogP contribution in [-0.4, -0.2) is 13.6 Å². The van der Waals surface area contributed by atoms with Crippen LogP contribution in [0.3, 0.4) is 0 Å². The Kier molecular flexibility index (Phi) is 3.41. The Labute approximate surface area is 131 Å². The van der Waals surface area contributed by atoms with Gasteiger partial charge < -0.3 is 0 Å². The quantitative estimate of drug-likeness (QED) is 0.623. The monoisotopic (exact) mass is 295 g/mol. The fourth-order valence-corrected chi connectivity index (χ4v) is 5.46.